The Hall–Kier alpha value is -1.62. The molecule has 0 rings (SSSR count). The van der Waals surface area contributed by atoms with Crippen molar-refractivity contribution in [1.82, 2.24) is 0 Å². The Morgan fingerprint density at radius 2 is 0.629 bits per heavy atom. The highest BCUT2D eigenvalue weighted by atomic mass is 16.6. The van der Waals surface area contributed by atoms with Gasteiger partial charge in [-0.05, 0) is 70.6 Å². The van der Waals surface area contributed by atoms with Crippen LogP contribution in [0.5, 0.6) is 0 Å². The smallest absolute Gasteiger partial charge is 0.306 e. The zero-order valence-corrected chi connectivity index (χ0v) is 42.2. The zero-order valence-electron chi connectivity index (χ0n) is 42.2. The molecule has 0 aromatic rings. The Bertz CT molecular complexity index is 943. The molecular weight excluding hydrogens is 765 g/mol. The van der Waals surface area contributed by atoms with E-state index in [9.17, 15) is 9.59 Å². The van der Waals surface area contributed by atoms with Crippen molar-refractivity contribution in [1.29, 1.82) is 0 Å². The van der Waals surface area contributed by atoms with Crippen LogP contribution in [-0.4, -0.2) is 37.9 Å². The second-order valence-electron chi connectivity index (χ2n) is 18.8. The van der Waals surface area contributed by atoms with Crippen molar-refractivity contribution in [3.05, 3.63) is 24.3 Å². The van der Waals surface area contributed by atoms with Crippen LogP contribution in [0.2, 0.25) is 0 Å². The molecule has 62 heavy (non-hydrogen) atoms. The molecular formula is C57H108O5. The number of hydrogen-bond donors (Lipinski definition) is 0. The summed E-state index contributed by atoms with van der Waals surface area (Å²) in [5, 5.41) is 0. The molecule has 366 valence electrons. The number of esters is 2. The van der Waals surface area contributed by atoms with Gasteiger partial charge in [0.05, 0.1) is 6.61 Å². The predicted molar refractivity (Wildman–Crippen MR) is 270 cm³/mol. The molecule has 0 amide bonds. The van der Waals surface area contributed by atoms with E-state index in [1.807, 2.05) is 0 Å². The third-order valence-electron chi connectivity index (χ3n) is 12.5. The third-order valence-corrected chi connectivity index (χ3v) is 12.5. The van der Waals surface area contributed by atoms with Gasteiger partial charge >= 0.3 is 11.9 Å². The average molecular weight is 873 g/mol. The largest absolute Gasteiger partial charge is 0.462 e. The molecule has 5 heteroatoms. The van der Waals surface area contributed by atoms with Crippen molar-refractivity contribution >= 4 is 11.9 Å². The number of ether oxygens (including phenoxy) is 3. The first-order valence-electron chi connectivity index (χ1n) is 27.9. The Morgan fingerprint density at radius 3 is 0.984 bits per heavy atom. The standard InChI is InChI=1S/C57H108O5/c1-4-7-10-13-16-19-22-25-28-31-34-37-40-43-46-49-52-60-53-55(62-57(59)51-48-45-42-39-36-33-30-27-24-21-18-15-12-9-6-3)54-61-56(58)50-47-44-41-38-35-32-29-26-23-20-17-14-11-8-5-2/h26-27,29-30,55H,4-25,28,31-54H2,1-3H3. The fraction of sp³-hybridized carbons (Fsp3) is 0.895. The van der Waals surface area contributed by atoms with Crippen molar-refractivity contribution in [3.8, 4) is 0 Å². The lowest BCUT2D eigenvalue weighted by atomic mass is 10.0. The van der Waals surface area contributed by atoms with E-state index in [-0.39, 0.29) is 25.2 Å². The van der Waals surface area contributed by atoms with E-state index in [1.165, 1.54) is 212 Å². The van der Waals surface area contributed by atoms with Crippen molar-refractivity contribution in [3.63, 3.8) is 0 Å². The molecule has 0 aliphatic carbocycles. The second kappa shape index (κ2) is 53.7. The van der Waals surface area contributed by atoms with Gasteiger partial charge in [-0.15, -0.1) is 0 Å². The minimum atomic E-state index is -0.537. The number of carbonyl (C=O) groups is 2. The van der Waals surface area contributed by atoms with Crippen LogP contribution in [0.25, 0.3) is 0 Å². The summed E-state index contributed by atoms with van der Waals surface area (Å²) in [6.07, 6.45) is 63.3. The van der Waals surface area contributed by atoms with Gasteiger partial charge in [0.2, 0.25) is 0 Å². The fourth-order valence-electron chi connectivity index (χ4n) is 8.27. The molecule has 1 atom stereocenters. The zero-order chi connectivity index (χ0) is 44.9. The van der Waals surface area contributed by atoms with Crippen molar-refractivity contribution in [2.45, 2.75) is 309 Å². The fourth-order valence-corrected chi connectivity index (χ4v) is 8.27. The van der Waals surface area contributed by atoms with E-state index in [2.05, 4.69) is 45.1 Å². The van der Waals surface area contributed by atoms with Crippen molar-refractivity contribution < 1.29 is 23.8 Å². The monoisotopic (exact) mass is 873 g/mol. The van der Waals surface area contributed by atoms with Gasteiger partial charge in [-0.2, -0.15) is 0 Å². The molecule has 0 N–H and O–H groups in total. The topological polar surface area (TPSA) is 61.8 Å². The minimum absolute atomic E-state index is 0.0843. The summed E-state index contributed by atoms with van der Waals surface area (Å²) in [6.45, 7) is 7.86. The number of allylic oxidation sites excluding steroid dienone is 4. The molecule has 0 radical (unpaired) electrons. The van der Waals surface area contributed by atoms with Crippen molar-refractivity contribution in [2.24, 2.45) is 0 Å². The highest BCUT2D eigenvalue weighted by Crippen LogP contribution is 2.16. The molecule has 0 aliphatic rings. The molecule has 0 aliphatic heterocycles. The lowest BCUT2D eigenvalue weighted by molar-refractivity contribution is -0.163. The molecule has 0 saturated heterocycles. The highest BCUT2D eigenvalue weighted by molar-refractivity contribution is 5.70. The van der Waals surface area contributed by atoms with E-state index in [0.717, 1.165) is 57.8 Å². The minimum Gasteiger partial charge on any atom is -0.462 e. The van der Waals surface area contributed by atoms with Gasteiger partial charge in [0.15, 0.2) is 6.10 Å². The molecule has 0 spiro atoms. The van der Waals surface area contributed by atoms with E-state index in [1.54, 1.807) is 0 Å². The molecule has 0 aromatic carbocycles. The number of hydrogen-bond acceptors (Lipinski definition) is 5. The number of rotatable bonds is 52. The number of carbonyl (C=O) groups excluding carboxylic acids is 2. The van der Waals surface area contributed by atoms with Crippen LogP contribution < -0.4 is 0 Å². The Balaban J connectivity index is 4.25. The Labute approximate surface area is 387 Å². The molecule has 1 unspecified atom stereocenters. The van der Waals surface area contributed by atoms with E-state index >= 15 is 0 Å². The Morgan fingerprint density at radius 1 is 0.339 bits per heavy atom. The summed E-state index contributed by atoms with van der Waals surface area (Å²) >= 11 is 0. The quantitative estimate of drug-likeness (QED) is 0.0346. The molecule has 0 saturated carbocycles. The number of unbranched alkanes of at least 4 members (excludes halogenated alkanes) is 37. The molecule has 0 aromatic heterocycles. The van der Waals surface area contributed by atoms with E-state index in [4.69, 9.17) is 14.2 Å². The summed E-state index contributed by atoms with van der Waals surface area (Å²) in [5.74, 6) is -0.398. The third kappa shape index (κ3) is 51.0. The highest BCUT2D eigenvalue weighted by Gasteiger charge is 2.17. The van der Waals surface area contributed by atoms with Crippen LogP contribution >= 0.6 is 0 Å². The summed E-state index contributed by atoms with van der Waals surface area (Å²) < 4.78 is 17.5. The molecule has 5 nitrogen and oxygen atoms in total. The van der Waals surface area contributed by atoms with Crippen LogP contribution in [0.15, 0.2) is 24.3 Å². The SMILES string of the molecule is CCCCCCCCC=CCCCCCCCC(=O)OCC(COCCCCCCCCCCCCCCCCCC)OC(=O)CCCCCCCC=CCCCCCCCC. The van der Waals surface area contributed by atoms with Crippen LogP contribution in [0.3, 0.4) is 0 Å². The summed E-state index contributed by atoms with van der Waals surface area (Å²) in [6, 6.07) is 0. The first kappa shape index (κ1) is 60.4. The molecule has 0 fully saturated rings. The van der Waals surface area contributed by atoms with Crippen LogP contribution in [-0.2, 0) is 23.8 Å². The summed E-state index contributed by atoms with van der Waals surface area (Å²) in [4.78, 5) is 25.4. The summed E-state index contributed by atoms with van der Waals surface area (Å²) in [7, 11) is 0. The van der Waals surface area contributed by atoms with Gasteiger partial charge in [-0.3, -0.25) is 9.59 Å². The maximum absolute atomic E-state index is 12.8. The van der Waals surface area contributed by atoms with Gasteiger partial charge in [-0.1, -0.05) is 244 Å². The Kier molecular flexibility index (Phi) is 52.3. The van der Waals surface area contributed by atoms with Gasteiger partial charge in [-0.25, -0.2) is 0 Å². The van der Waals surface area contributed by atoms with Crippen LogP contribution in [0.4, 0.5) is 0 Å². The van der Waals surface area contributed by atoms with E-state index in [0.29, 0.717) is 19.4 Å². The lowest BCUT2D eigenvalue weighted by Crippen LogP contribution is -2.30. The maximum atomic E-state index is 12.8. The molecule has 0 heterocycles. The lowest BCUT2D eigenvalue weighted by Gasteiger charge is -2.18. The van der Waals surface area contributed by atoms with Gasteiger partial charge in [0.1, 0.15) is 6.61 Å². The average Bonchev–Trinajstić information content (AvgIpc) is 3.27. The molecule has 0 bridgehead atoms. The van der Waals surface area contributed by atoms with Crippen molar-refractivity contribution in [2.75, 3.05) is 19.8 Å². The van der Waals surface area contributed by atoms with Gasteiger partial charge in [0, 0.05) is 19.4 Å². The predicted octanol–water partition coefficient (Wildman–Crippen LogP) is 18.8. The normalized spacial score (nSPS) is 12.2. The first-order chi connectivity index (χ1) is 30.6. The summed E-state index contributed by atoms with van der Waals surface area (Å²) in [5.41, 5.74) is 0. The van der Waals surface area contributed by atoms with Crippen LogP contribution in [0.1, 0.15) is 303 Å². The van der Waals surface area contributed by atoms with Crippen LogP contribution in [0, 0.1) is 0 Å². The van der Waals surface area contributed by atoms with E-state index < -0.39 is 6.10 Å². The second-order valence-corrected chi connectivity index (χ2v) is 18.8. The van der Waals surface area contributed by atoms with Gasteiger partial charge < -0.3 is 14.2 Å². The first-order valence-corrected chi connectivity index (χ1v) is 27.9. The maximum Gasteiger partial charge on any atom is 0.306 e. The van der Waals surface area contributed by atoms with Gasteiger partial charge in [0.25, 0.3) is 0 Å².